The number of likely N-dealkylation sites (tertiary alicyclic amines) is 1. The van der Waals surface area contributed by atoms with Gasteiger partial charge in [0.05, 0.1) is 13.1 Å². The van der Waals surface area contributed by atoms with E-state index in [1.54, 1.807) is 18.0 Å². The molecule has 0 bridgehead atoms. The van der Waals surface area contributed by atoms with Gasteiger partial charge >= 0.3 is 6.09 Å². The Hall–Kier alpha value is -4.77. The fourth-order valence-electron chi connectivity index (χ4n) is 7.19. The quantitative estimate of drug-likeness (QED) is 0.231. The summed E-state index contributed by atoms with van der Waals surface area (Å²) in [6, 6.07) is 20.6. The van der Waals surface area contributed by atoms with E-state index in [0.29, 0.717) is 48.1 Å². The number of para-hydroxylation sites is 1. The number of halogens is 1. The molecule has 11 nitrogen and oxygen atoms in total. The van der Waals surface area contributed by atoms with Crippen LogP contribution in [-0.2, 0) is 32.2 Å². The van der Waals surface area contributed by atoms with Crippen molar-refractivity contribution in [2.45, 2.75) is 83.8 Å². The number of nitrogens with one attached hydrogen (secondary N) is 3. The Balaban J connectivity index is 1.23. The Morgan fingerprint density at radius 2 is 1.71 bits per heavy atom. The van der Waals surface area contributed by atoms with Gasteiger partial charge in [-0.1, -0.05) is 82.1 Å². The zero-order valence-electron chi connectivity index (χ0n) is 29.7. The summed E-state index contributed by atoms with van der Waals surface area (Å²) >= 11 is 6.39. The maximum atomic E-state index is 14.7. The largest absolute Gasteiger partial charge is 0.457 e. The third-order valence-electron chi connectivity index (χ3n) is 10.1. The molecule has 3 aliphatic rings. The predicted molar refractivity (Wildman–Crippen MR) is 194 cm³/mol. The van der Waals surface area contributed by atoms with E-state index in [1.165, 1.54) is 4.90 Å². The van der Waals surface area contributed by atoms with Gasteiger partial charge in [0, 0.05) is 36.8 Å². The summed E-state index contributed by atoms with van der Waals surface area (Å²) in [5.41, 5.74) is 0.854. The fraction of sp³-hybridized carbons (Fsp3) is 0.436. The van der Waals surface area contributed by atoms with Crippen LogP contribution in [0.15, 0.2) is 72.8 Å². The second-order valence-electron chi connectivity index (χ2n) is 14.7. The molecule has 2 fully saturated rings. The summed E-state index contributed by atoms with van der Waals surface area (Å²) in [4.78, 5) is 58.3. The third-order valence-corrected chi connectivity index (χ3v) is 10.5. The van der Waals surface area contributed by atoms with Gasteiger partial charge in [0.15, 0.2) is 0 Å². The van der Waals surface area contributed by atoms with Crippen LogP contribution in [0.25, 0.3) is 0 Å². The highest BCUT2D eigenvalue weighted by Crippen LogP contribution is 2.46. The molecular formula is C39H46ClN5O6. The number of carbonyl (C=O) groups is 4. The highest BCUT2D eigenvalue weighted by molar-refractivity contribution is 6.31. The molecule has 2 heterocycles. The summed E-state index contributed by atoms with van der Waals surface area (Å²) in [5, 5.41) is 9.68. The number of hydrogen-bond donors (Lipinski definition) is 3. The van der Waals surface area contributed by atoms with Crippen molar-refractivity contribution in [2.75, 3.05) is 18.9 Å². The average Bonchev–Trinajstić information content (AvgIpc) is 3.40. The summed E-state index contributed by atoms with van der Waals surface area (Å²) in [7, 11) is 1.55. The fourth-order valence-corrected chi connectivity index (χ4v) is 7.45. The number of benzene rings is 3. The van der Waals surface area contributed by atoms with Gasteiger partial charge in [0.25, 0.3) is 0 Å². The molecule has 5 atom stereocenters. The van der Waals surface area contributed by atoms with Gasteiger partial charge in [0.2, 0.25) is 17.7 Å². The van der Waals surface area contributed by atoms with Crippen molar-refractivity contribution in [3.63, 3.8) is 0 Å². The molecule has 3 N–H and O–H groups in total. The first-order chi connectivity index (χ1) is 24.3. The van der Waals surface area contributed by atoms with Crippen molar-refractivity contribution >= 4 is 41.1 Å². The first-order valence-electron chi connectivity index (χ1n) is 17.5. The lowest BCUT2D eigenvalue weighted by Gasteiger charge is -2.36. The van der Waals surface area contributed by atoms with Crippen molar-refractivity contribution < 1.29 is 28.7 Å². The molecule has 6 rings (SSSR count). The Kier molecular flexibility index (Phi) is 10.2. The molecule has 1 saturated heterocycles. The number of hydrogen-bond acceptors (Lipinski definition) is 7. The van der Waals surface area contributed by atoms with Crippen LogP contribution >= 0.6 is 11.6 Å². The normalized spacial score (nSPS) is 22.8. The topological polar surface area (TPSA) is 129 Å². The zero-order chi connectivity index (χ0) is 36.5. The summed E-state index contributed by atoms with van der Waals surface area (Å²) < 4.78 is 12.0. The van der Waals surface area contributed by atoms with Gasteiger partial charge in [-0.2, -0.15) is 0 Å². The minimum absolute atomic E-state index is 0.0137. The predicted octanol–water partition coefficient (Wildman–Crippen LogP) is 6.11. The molecule has 3 aromatic rings. The summed E-state index contributed by atoms with van der Waals surface area (Å²) in [6.45, 7) is 8.49. The van der Waals surface area contributed by atoms with Crippen LogP contribution in [0.3, 0.4) is 0 Å². The van der Waals surface area contributed by atoms with Gasteiger partial charge in [-0.15, -0.1) is 0 Å². The Morgan fingerprint density at radius 1 is 0.980 bits per heavy atom. The van der Waals surface area contributed by atoms with E-state index in [4.69, 9.17) is 21.1 Å². The molecule has 0 radical (unpaired) electrons. The smallest absolute Gasteiger partial charge is 0.410 e. The van der Waals surface area contributed by atoms with Crippen LogP contribution in [-0.4, -0.2) is 70.9 Å². The third kappa shape index (κ3) is 7.63. The van der Waals surface area contributed by atoms with Gasteiger partial charge in [-0.3, -0.25) is 19.3 Å². The lowest BCUT2D eigenvalue weighted by atomic mass is 9.85. The molecule has 1 saturated carbocycles. The number of rotatable bonds is 10. The number of likely N-dealkylation sites (N-methyl/N-ethyl adjacent to an activating group) is 1. The monoisotopic (exact) mass is 715 g/mol. The minimum atomic E-state index is -1.04. The van der Waals surface area contributed by atoms with Crippen LogP contribution in [0.4, 0.5) is 10.5 Å². The molecule has 51 heavy (non-hydrogen) atoms. The first-order valence-corrected chi connectivity index (χ1v) is 17.9. The standard InChI is InChI=1S/C39H46ClN5O6/c1-6-25-20-39(25,36(48)41-5)43-34(46)32-19-29(51-37(49)44-21-24-12-10-17-31(40)30(24)23-44)22-45(32)35(47)33(38(2,3)4)42-26-13-11-16-28(18-26)50-27-14-8-7-9-15-27/h7-18,25,29,32-33,42H,6,19-23H2,1-5H3,(H,41,48)(H,43,46). The van der Waals surface area contributed by atoms with E-state index >= 15 is 0 Å². The van der Waals surface area contributed by atoms with Crippen molar-refractivity contribution in [3.05, 3.63) is 88.9 Å². The van der Waals surface area contributed by atoms with Crippen LogP contribution in [0.1, 0.15) is 58.1 Å². The van der Waals surface area contributed by atoms with E-state index in [2.05, 4.69) is 16.0 Å². The molecule has 5 unspecified atom stereocenters. The Bertz CT molecular complexity index is 1800. The maximum Gasteiger partial charge on any atom is 0.410 e. The Labute approximate surface area is 304 Å². The van der Waals surface area contributed by atoms with E-state index in [9.17, 15) is 19.2 Å². The molecule has 2 aliphatic heterocycles. The maximum absolute atomic E-state index is 14.7. The molecule has 0 aromatic heterocycles. The number of nitrogens with zero attached hydrogens (tertiary/aromatic N) is 2. The lowest BCUT2D eigenvalue weighted by Crippen LogP contribution is -2.58. The van der Waals surface area contributed by atoms with Crippen molar-refractivity contribution in [2.24, 2.45) is 11.3 Å². The minimum Gasteiger partial charge on any atom is -0.457 e. The highest BCUT2D eigenvalue weighted by atomic mass is 35.5. The average molecular weight is 716 g/mol. The van der Waals surface area contributed by atoms with Crippen LogP contribution < -0.4 is 20.7 Å². The zero-order valence-corrected chi connectivity index (χ0v) is 30.5. The molecule has 12 heteroatoms. The molecular weight excluding hydrogens is 670 g/mol. The molecule has 270 valence electrons. The lowest BCUT2D eigenvalue weighted by molar-refractivity contribution is -0.141. The van der Waals surface area contributed by atoms with E-state index in [1.807, 2.05) is 94.4 Å². The van der Waals surface area contributed by atoms with E-state index in [-0.39, 0.29) is 30.7 Å². The molecule has 0 spiro atoms. The molecule has 4 amide bonds. The van der Waals surface area contributed by atoms with Crippen molar-refractivity contribution in [1.82, 2.24) is 20.4 Å². The van der Waals surface area contributed by atoms with E-state index < -0.39 is 41.1 Å². The summed E-state index contributed by atoms with van der Waals surface area (Å²) in [5.74, 6) is 0.220. The van der Waals surface area contributed by atoms with Gasteiger partial charge < -0.3 is 30.3 Å². The first kappa shape index (κ1) is 36.0. The SMILES string of the molecule is CCC1CC1(NC(=O)C1CC(OC(=O)N2Cc3cccc(Cl)c3C2)CN1C(=O)C(Nc1cccc(Oc2ccccc2)c1)C(C)(C)C)C(=O)NC. The number of carbonyl (C=O) groups excluding carboxylic acids is 4. The number of anilines is 1. The molecule has 3 aromatic carbocycles. The van der Waals surface area contributed by atoms with Crippen LogP contribution in [0.5, 0.6) is 11.5 Å². The van der Waals surface area contributed by atoms with Gasteiger partial charge in [-0.05, 0) is 59.2 Å². The number of amides is 4. The second-order valence-corrected chi connectivity index (χ2v) is 15.1. The highest BCUT2D eigenvalue weighted by Gasteiger charge is 2.61. The Morgan fingerprint density at radius 3 is 2.37 bits per heavy atom. The second kappa shape index (κ2) is 14.5. The van der Waals surface area contributed by atoms with Crippen LogP contribution in [0.2, 0.25) is 5.02 Å². The van der Waals surface area contributed by atoms with E-state index in [0.717, 1.165) is 11.1 Å². The van der Waals surface area contributed by atoms with Crippen molar-refractivity contribution in [1.29, 1.82) is 0 Å². The van der Waals surface area contributed by atoms with Gasteiger partial charge in [0.1, 0.15) is 35.2 Å². The van der Waals surface area contributed by atoms with Crippen LogP contribution in [0, 0.1) is 11.3 Å². The van der Waals surface area contributed by atoms with Crippen molar-refractivity contribution in [3.8, 4) is 11.5 Å². The number of ether oxygens (including phenoxy) is 2. The van der Waals surface area contributed by atoms with Gasteiger partial charge in [-0.25, -0.2) is 4.79 Å². The number of fused-ring (bicyclic) bond motifs is 1. The summed E-state index contributed by atoms with van der Waals surface area (Å²) in [6.07, 6.45) is 0.0165. The molecule has 1 aliphatic carbocycles.